The van der Waals surface area contributed by atoms with Gasteiger partial charge in [0.15, 0.2) is 0 Å². The molecule has 1 aromatic rings. The van der Waals surface area contributed by atoms with E-state index in [9.17, 15) is 4.79 Å². The van der Waals surface area contributed by atoms with Crippen LogP contribution in [0.2, 0.25) is 0 Å². The number of hydrogen-bond acceptors (Lipinski definition) is 1. The predicted octanol–water partition coefficient (Wildman–Crippen LogP) is 5.49. The third kappa shape index (κ3) is 4.00. The van der Waals surface area contributed by atoms with Gasteiger partial charge in [0, 0.05) is 0 Å². The van der Waals surface area contributed by atoms with E-state index in [1.54, 1.807) is 0 Å². The molecule has 0 radical (unpaired) electrons. The molecule has 2 heteroatoms. The van der Waals surface area contributed by atoms with Gasteiger partial charge in [0.25, 0.3) is 0 Å². The molecule has 120 valence electrons. The summed E-state index contributed by atoms with van der Waals surface area (Å²) in [6, 6.07) is 7.94. The van der Waals surface area contributed by atoms with Crippen LogP contribution in [0.1, 0.15) is 69.4 Å². The average Bonchev–Trinajstić information content (AvgIpc) is 2.54. The summed E-state index contributed by atoms with van der Waals surface area (Å²) in [6.45, 7) is 8.21. The maximum atomic E-state index is 11.0. The summed E-state index contributed by atoms with van der Waals surface area (Å²) in [5, 5.41) is 8.99. The Kier molecular flexibility index (Phi) is 5.82. The Bertz CT molecular complexity index is 507. The summed E-state index contributed by atoms with van der Waals surface area (Å²) in [6.07, 6.45) is 8.09. The lowest BCUT2D eigenvalue weighted by Crippen LogP contribution is -2.19. The quantitative estimate of drug-likeness (QED) is 0.705. The van der Waals surface area contributed by atoms with Crippen LogP contribution in [0.4, 0.5) is 0 Å². The molecule has 1 unspecified atom stereocenters. The van der Waals surface area contributed by atoms with E-state index in [1.165, 1.54) is 44.1 Å². The summed E-state index contributed by atoms with van der Waals surface area (Å²) in [7, 11) is 0. The lowest BCUT2D eigenvalue weighted by Gasteiger charge is -2.32. The summed E-state index contributed by atoms with van der Waals surface area (Å²) < 4.78 is 0. The molecule has 0 saturated heterocycles. The van der Waals surface area contributed by atoms with Crippen molar-refractivity contribution < 1.29 is 9.90 Å². The van der Waals surface area contributed by atoms with Gasteiger partial charge in [0.1, 0.15) is 0 Å². The van der Waals surface area contributed by atoms with Gasteiger partial charge in [-0.3, -0.25) is 0 Å². The molecule has 1 aromatic carbocycles. The number of rotatable bonds is 6. The molecule has 0 amide bonds. The van der Waals surface area contributed by atoms with Crippen molar-refractivity contribution in [2.45, 2.75) is 58.3 Å². The molecule has 2 nitrogen and oxygen atoms in total. The standard InChI is InChI=1S/C20H28O2/c1-4-5-16-6-8-17(9-7-16)14(2)18-10-12-19(13-11-18)15(3)20(21)22/h10-14,16-17H,3-9H2,1-2H3,(H,21,22). The Balaban J connectivity index is 1.97. The van der Waals surface area contributed by atoms with E-state index >= 15 is 0 Å². The molecule has 0 spiro atoms. The second-order valence-corrected chi connectivity index (χ2v) is 6.76. The van der Waals surface area contributed by atoms with Crippen LogP contribution in [-0.2, 0) is 4.79 Å². The van der Waals surface area contributed by atoms with Gasteiger partial charge in [-0.05, 0) is 41.7 Å². The molecule has 1 aliphatic rings. The highest BCUT2D eigenvalue weighted by Crippen LogP contribution is 2.39. The zero-order chi connectivity index (χ0) is 16.1. The van der Waals surface area contributed by atoms with Gasteiger partial charge in [0.2, 0.25) is 0 Å². The molecule has 22 heavy (non-hydrogen) atoms. The Morgan fingerprint density at radius 2 is 1.82 bits per heavy atom. The van der Waals surface area contributed by atoms with Crippen molar-refractivity contribution in [1.29, 1.82) is 0 Å². The molecule has 0 aliphatic heterocycles. The largest absolute Gasteiger partial charge is 0.478 e. The number of carboxylic acids is 1. The Morgan fingerprint density at radius 1 is 1.23 bits per heavy atom. The normalized spacial score (nSPS) is 23.0. The van der Waals surface area contributed by atoms with Crippen molar-refractivity contribution in [2.24, 2.45) is 11.8 Å². The minimum Gasteiger partial charge on any atom is -0.478 e. The zero-order valence-corrected chi connectivity index (χ0v) is 13.8. The third-order valence-electron chi connectivity index (χ3n) is 5.34. The number of carbonyl (C=O) groups is 1. The van der Waals surface area contributed by atoms with E-state index in [2.05, 4.69) is 32.6 Å². The highest BCUT2D eigenvalue weighted by Gasteiger charge is 2.25. The van der Waals surface area contributed by atoms with Crippen LogP contribution in [0.3, 0.4) is 0 Å². The fraction of sp³-hybridized carbons (Fsp3) is 0.550. The minimum atomic E-state index is -0.949. The van der Waals surface area contributed by atoms with Crippen LogP contribution in [0, 0.1) is 11.8 Å². The van der Waals surface area contributed by atoms with E-state index in [0.29, 0.717) is 11.5 Å². The van der Waals surface area contributed by atoms with Crippen LogP contribution < -0.4 is 0 Å². The molecule has 0 bridgehead atoms. The Hall–Kier alpha value is -1.57. The van der Waals surface area contributed by atoms with Crippen LogP contribution >= 0.6 is 0 Å². The van der Waals surface area contributed by atoms with Gasteiger partial charge >= 0.3 is 5.97 Å². The van der Waals surface area contributed by atoms with Gasteiger partial charge in [-0.25, -0.2) is 4.79 Å². The van der Waals surface area contributed by atoms with Gasteiger partial charge < -0.3 is 5.11 Å². The molecule has 1 fully saturated rings. The average molecular weight is 300 g/mol. The summed E-state index contributed by atoms with van der Waals surface area (Å²) in [5.41, 5.74) is 2.19. The predicted molar refractivity (Wildman–Crippen MR) is 91.9 cm³/mol. The first-order chi connectivity index (χ1) is 10.5. The number of hydrogen-bond donors (Lipinski definition) is 1. The first-order valence-corrected chi connectivity index (χ1v) is 8.55. The van der Waals surface area contributed by atoms with Crippen molar-refractivity contribution in [3.05, 3.63) is 42.0 Å². The van der Waals surface area contributed by atoms with Crippen molar-refractivity contribution in [3.8, 4) is 0 Å². The van der Waals surface area contributed by atoms with E-state index in [4.69, 9.17) is 5.11 Å². The molecule has 0 aromatic heterocycles. The molecule has 2 rings (SSSR count). The fourth-order valence-corrected chi connectivity index (χ4v) is 3.77. The highest BCUT2D eigenvalue weighted by atomic mass is 16.4. The second kappa shape index (κ2) is 7.62. The molecule has 1 saturated carbocycles. The van der Waals surface area contributed by atoms with Crippen LogP contribution in [0.25, 0.3) is 5.57 Å². The summed E-state index contributed by atoms with van der Waals surface area (Å²) in [4.78, 5) is 11.0. The van der Waals surface area contributed by atoms with Crippen molar-refractivity contribution >= 4 is 11.5 Å². The van der Waals surface area contributed by atoms with Gasteiger partial charge in [0.05, 0.1) is 5.57 Å². The molecule has 0 heterocycles. The maximum Gasteiger partial charge on any atom is 0.335 e. The highest BCUT2D eigenvalue weighted by molar-refractivity contribution is 6.14. The van der Waals surface area contributed by atoms with Gasteiger partial charge in [-0.2, -0.15) is 0 Å². The zero-order valence-electron chi connectivity index (χ0n) is 13.8. The van der Waals surface area contributed by atoms with Crippen LogP contribution in [0.15, 0.2) is 30.8 Å². The number of benzene rings is 1. The number of aliphatic carboxylic acids is 1. The topological polar surface area (TPSA) is 37.3 Å². The van der Waals surface area contributed by atoms with Gasteiger partial charge in [-0.15, -0.1) is 0 Å². The van der Waals surface area contributed by atoms with Crippen molar-refractivity contribution in [2.75, 3.05) is 0 Å². The number of carboxylic acid groups (broad SMARTS) is 1. The van der Waals surface area contributed by atoms with Crippen molar-refractivity contribution in [1.82, 2.24) is 0 Å². The first kappa shape index (κ1) is 16.8. The molecule has 1 aliphatic carbocycles. The van der Waals surface area contributed by atoms with Gasteiger partial charge in [-0.1, -0.05) is 70.4 Å². The third-order valence-corrected chi connectivity index (χ3v) is 5.34. The molecular weight excluding hydrogens is 272 g/mol. The fourth-order valence-electron chi connectivity index (χ4n) is 3.77. The molecule has 1 atom stereocenters. The van der Waals surface area contributed by atoms with Crippen LogP contribution in [0.5, 0.6) is 0 Å². The van der Waals surface area contributed by atoms with Crippen LogP contribution in [-0.4, -0.2) is 11.1 Å². The van der Waals surface area contributed by atoms with E-state index in [-0.39, 0.29) is 5.57 Å². The maximum absolute atomic E-state index is 11.0. The first-order valence-electron chi connectivity index (χ1n) is 8.55. The minimum absolute atomic E-state index is 0.166. The lowest BCUT2D eigenvalue weighted by atomic mass is 9.73. The molecular formula is C20H28O2. The second-order valence-electron chi connectivity index (χ2n) is 6.76. The van der Waals surface area contributed by atoms with E-state index < -0.39 is 5.97 Å². The summed E-state index contributed by atoms with van der Waals surface area (Å²) in [5.74, 6) is 1.31. The van der Waals surface area contributed by atoms with E-state index in [1.807, 2.05) is 12.1 Å². The lowest BCUT2D eigenvalue weighted by molar-refractivity contribution is -0.130. The van der Waals surface area contributed by atoms with Crippen molar-refractivity contribution in [3.63, 3.8) is 0 Å². The summed E-state index contributed by atoms with van der Waals surface area (Å²) >= 11 is 0. The SMILES string of the molecule is C=C(C(=O)O)c1ccc(C(C)C2CCC(CCC)CC2)cc1. The van der Waals surface area contributed by atoms with E-state index in [0.717, 1.165) is 11.8 Å². The smallest absolute Gasteiger partial charge is 0.335 e. The molecule has 1 N–H and O–H groups in total. The Labute approximate surface area is 134 Å². The Morgan fingerprint density at radius 3 is 2.32 bits per heavy atom. The monoisotopic (exact) mass is 300 g/mol.